The molecule has 0 radical (unpaired) electrons. The standard InChI is InChI=1S/C12H15BrN2O/c13-9-3-1-2-8-10(9)15-12(11(8)16)4-6-14-7-5-12/h1-3,11,14-16H,4-7H2. The molecule has 86 valence electrons. The molecule has 0 aliphatic carbocycles. The first kappa shape index (κ1) is 10.6. The third-order valence-electron chi connectivity index (χ3n) is 3.73. The lowest BCUT2D eigenvalue weighted by Gasteiger charge is -2.37. The smallest absolute Gasteiger partial charge is 0.104 e. The fraction of sp³-hybridized carbons (Fsp3) is 0.500. The number of anilines is 1. The Kier molecular flexibility index (Phi) is 2.46. The molecule has 3 rings (SSSR count). The molecule has 3 N–H and O–H groups in total. The molecule has 0 bridgehead atoms. The highest BCUT2D eigenvalue weighted by Gasteiger charge is 2.46. The van der Waals surface area contributed by atoms with Gasteiger partial charge in [-0.1, -0.05) is 12.1 Å². The molecule has 0 saturated carbocycles. The van der Waals surface area contributed by atoms with Gasteiger partial charge in [-0.2, -0.15) is 0 Å². The zero-order valence-electron chi connectivity index (χ0n) is 8.96. The third-order valence-corrected chi connectivity index (χ3v) is 4.39. The molecule has 1 saturated heterocycles. The van der Waals surface area contributed by atoms with Crippen LogP contribution >= 0.6 is 15.9 Å². The van der Waals surface area contributed by atoms with E-state index in [4.69, 9.17) is 0 Å². The second kappa shape index (κ2) is 3.72. The average Bonchev–Trinajstić information content (AvgIpc) is 2.57. The normalized spacial score (nSPS) is 26.5. The van der Waals surface area contributed by atoms with Crippen LogP contribution in [-0.2, 0) is 0 Å². The number of nitrogens with one attached hydrogen (secondary N) is 2. The van der Waals surface area contributed by atoms with Gasteiger partial charge in [0.1, 0.15) is 6.10 Å². The van der Waals surface area contributed by atoms with Crippen molar-refractivity contribution in [1.82, 2.24) is 5.32 Å². The summed E-state index contributed by atoms with van der Waals surface area (Å²) in [6.07, 6.45) is 1.55. The highest BCUT2D eigenvalue weighted by atomic mass is 79.9. The number of para-hydroxylation sites is 1. The van der Waals surface area contributed by atoms with Crippen LogP contribution in [0.5, 0.6) is 0 Å². The Balaban J connectivity index is 2.02. The zero-order valence-corrected chi connectivity index (χ0v) is 10.5. The SMILES string of the molecule is OC1c2cccc(Br)c2NC12CCNCC2. The van der Waals surface area contributed by atoms with E-state index in [1.54, 1.807) is 0 Å². The highest BCUT2D eigenvalue weighted by Crippen LogP contribution is 2.48. The van der Waals surface area contributed by atoms with Gasteiger partial charge in [-0.25, -0.2) is 0 Å². The van der Waals surface area contributed by atoms with Gasteiger partial charge < -0.3 is 15.7 Å². The van der Waals surface area contributed by atoms with E-state index in [1.807, 2.05) is 18.2 Å². The van der Waals surface area contributed by atoms with Crippen molar-refractivity contribution in [2.24, 2.45) is 0 Å². The number of benzene rings is 1. The molecule has 2 aliphatic heterocycles. The maximum absolute atomic E-state index is 10.5. The maximum Gasteiger partial charge on any atom is 0.104 e. The number of hydrogen-bond acceptors (Lipinski definition) is 3. The second-order valence-corrected chi connectivity index (χ2v) is 5.49. The van der Waals surface area contributed by atoms with Crippen molar-refractivity contribution in [2.75, 3.05) is 18.4 Å². The van der Waals surface area contributed by atoms with Crippen LogP contribution in [0.15, 0.2) is 22.7 Å². The molecule has 2 heterocycles. The third kappa shape index (κ3) is 1.40. The fourth-order valence-corrected chi connectivity index (χ4v) is 3.27. The largest absolute Gasteiger partial charge is 0.386 e. The molecule has 4 heteroatoms. The summed E-state index contributed by atoms with van der Waals surface area (Å²) >= 11 is 3.54. The van der Waals surface area contributed by atoms with Crippen LogP contribution in [0.4, 0.5) is 5.69 Å². The molecule has 1 spiro atoms. The monoisotopic (exact) mass is 282 g/mol. The van der Waals surface area contributed by atoms with Crippen LogP contribution in [0.1, 0.15) is 24.5 Å². The van der Waals surface area contributed by atoms with E-state index in [9.17, 15) is 5.11 Å². The zero-order chi connectivity index (χ0) is 11.2. The molecular weight excluding hydrogens is 268 g/mol. The first-order valence-corrected chi connectivity index (χ1v) is 6.48. The number of piperidine rings is 1. The van der Waals surface area contributed by atoms with Crippen molar-refractivity contribution in [1.29, 1.82) is 0 Å². The van der Waals surface area contributed by atoms with Crippen LogP contribution in [0.3, 0.4) is 0 Å². The predicted molar refractivity (Wildman–Crippen MR) is 67.6 cm³/mol. The minimum absolute atomic E-state index is 0.155. The van der Waals surface area contributed by atoms with Gasteiger partial charge in [0.05, 0.1) is 11.2 Å². The predicted octanol–water partition coefficient (Wildman–Crippen LogP) is 2.03. The van der Waals surface area contributed by atoms with Gasteiger partial charge in [0.25, 0.3) is 0 Å². The van der Waals surface area contributed by atoms with Gasteiger partial charge >= 0.3 is 0 Å². The number of hydrogen-bond donors (Lipinski definition) is 3. The van der Waals surface area contributed by atoms with Crippen LogP contribution < -0.4 is 10.6 Å². The Hall–Kier alpha value is -0.580. The van der Waals surface area contributed by atoms with E-state index in [2.05, 4.69) is 26.6 Å². The van der Waals surface area contributed by atoms with Crippen LogP contribution in [0, 0.1) is 0 Å². The van der Waals surface area contributed by atoms with E-state index >= 15 is 0 Å². The van der Waals surface area contributed by atoms with Crippen molar-refractivity contribution in [2.45, 2.75) is 24.5 Å². The molecular formula is C12H15BrN2O. The quantitative estimate of drug-likeness (QED) is 0.682. The van der Waals surface area contributed by atoms with E-state index < -0.39 is 0 Å². The first-order valence-electron chi connectivity index (χ1n) is 5.68. The van der Waals surface area contributed by atoms with Crippen LogP contribution in [0.25, 0.3) is 0 Å². The first-order chi connectivity index (χ1) is 7.73. The van der Waals surface area contributed by atoms with Crippen molar-refractivity contribution in [3.63, 3.8) is 0 Å². The number of aliphatic hydroxyl groups is 1. The molecule has 2 aliphatic rings. The Labute approximate surface area is 103 Å². The summed E-state index contributed by atoms with van der Waals surface area (Å²) in [7, 11) is 0. The molecule has 0 aromatic heterocycles. The van der Waals surface area contributed by atoms with Gasteiger partial charge in [-0.3, -0.25) is 0 Å². The minimum Gasteiger partial charge on any atom is -0.386 e. The summed E-state index contributed by atoms with van der Waals surface area (Å²) in [5.41, 5.74) is 1.94. The van der Waals surface area contributed by atoms with Crippen molar-refractivity contribution < 1.29 is 5.11 Å². The highest BCUT2D eigenvalue weighted by molar-refractivity contribution is 9.10. The minimum atomic E-state index is -0.387. The average molecular weight is 283 g/mol. The topological polar surface area (TPSA) is 44.3 Å². The molecule has 1 unspecified atom stereocenters. The van der Waals surface area contributed by atoms with Gasteiger partial charge in [-0.05, 0) is 47.9 Å². The number of rotatable bonds is 0. The lowest BCUT2D eigenvalue weighted by molar-refractivity contribution is 0.0873. The summed E-state index contributed by atoms with van der Waals surface area (Å²) in [4.78, 5) is 0. The summed E-state index contributed by atoms with van der Waals surface area (Å²) in [6, 6.07) is 6.00. The molecule has 3 nitrogen and oxygen atoms in total. The summed E-state index contributed by atoms with van der Waals surface area (Å²) in [5.74, 6) is 0. The summed E-state index contributed by atoms with van der Waals surface area (Å²) in [5, 5.41) is 17.3. The Morgan fingerprint density at radius 2 is 2.06 bits per heavy atom. The number of halogens is 1. The van der Waals surface area contributed by atoms with Gasteiger partial charge in [0, 0.05) is 10.0 Å². The Bertz CT molecular complexity index is 415. The van der Waals surface area contributed by atoms with Crippen molar-refractivity contribution in [3.05, 3.63) is 28.2 Å². The van der Waals surface area contributed by atoms with E-state index in [0.717, 1.165) is 41.7 Å². The van der Waals surface area contributed by atoms with Gasteiger partial charge in [-0.15, -0.1) is 0 Å². The lowest BCUT2D eigenvalue weighted by Crippen LogP contribution is -2.48. The Morgan fingerprint density at radius 3 is 2.75 bits per heavy atom. The van der Waals surface area contributed by atoms with E-state index in [1.165, 1.54) is 0 Å². The van der Waals surface area contributed by atoms with E-state index in [-0.39, 0.29) is 11.6 Å². The lowest BCUT2D eigenvalue weighted by atomic mass is 9.83. The van der Waals surface area contributed by atoms with Crippen molar-refractivity contribution in [3.8, 4) is 0 Å². The molecule has 0 amide bonds. The molecule has 1 atom stereocenters. The van der Waals surface area contributed by atoms with E-state index in [0.29, 0.717) is 0 Å². The van der Waals surface area contributed by atoms with Gasteiger partial charge in [0.15, 0.2) is 0 Å². The van der Waals surface area contributed by atoms with Crippen LogP contribution in [0.2, 0.25) is 0 Å². The van der Waals surface area contributed by atoms with Crippen molar-refractivity contribution >= 4 is 21.6 Å². The molecule has 1 aromatic rings. The molecule has 1 aromatic carbocycles. The molecule has 1 fully saturated rings. The number of aliphatic hydroxyl groups excluding tert-OH is 1. The summed E-state index contributed by atoms with van der Waals surface area (Å²) < 4.78 is 1.04. The summed E-state index contributed by atoms with van der Waals surface area (Å²) in [6.45, 7) is 1.94. The molecule has 16 heavy (non-hydrogen) atoms. The van der Waals surface area contributed by atoms with Crippen LogP contribution in [-0.4, -0.2) is 23.7 Å². The Morgan fingerprint density at radius 1 is 1.31 bits per heavy atom. The second-order valence-electron chi connectivity index (χ2n) is 4.64. The maximum atomic E-state index is 10.5. The number of fused-ring (bicyclic) bond motifs is 1. The fourth-order valence-electron chi connectivity index (χ4n) is 2.79. The van der Waals surface area contributed by atoms with Gasteiger partial charge in [0.2, 0.25) is 0 Å².